The van der Waals surface area contributed by atoms with Gasteiger partial charge in [0, 0.05) is 0 Å². The van der Waals surface area contributed by atoms with Crippen molar-refractivity contribution < 1.29 is 37.0 Å². The lowest BCUT2D eigenvalue weighted by Gasteiger charge is -2.28. The van der Waals surface area contributed by atoms with Crippen LogP contribution in [0.4, 0.5) is 0 Å². The number of hydrogen-bond donors (Lipinski definition) is 0. The third-order valence-corrected chi connectivity index (χ3v) is 9.68. The third kappa shape index (κ3) is 4.75. The topological polar surface area (TPSA) is 0 Å². The minimum Gasteiger partial charge on any atom is -0.149 e. The van der Waals surface area contributed by atoms with E-state index in [-0.39, 0.29) is 0 Å². The van der Waals surface area contributed by atoms with Gasteiger partial charge in [-0.05, 0) is 48.9 Å². The summed E-state index contributed by atoms with van der Waals surface area (Å²) in [5.74, 6) is 0. The van der Waals surface area contributed by atoms with Crippen molar-refractivity contribution in [3.8, 4) is 33.4 Å². The van der Waals surface area contributed by atoms with Gasteiger partial charge >= 0.3 is 0 Å². The van der Waals surface area contributed by atoms with Crippen LogP contribution >= 0.6 is 11.1 Å². The van der Waals surface area contributed by atoms with Crippen molar-refractivity contribution in [3.05, 3.63) is 163 Å². The van der Waals surface area contributed by atoms with E-state index in [4.69, 9.17) is 39.9 Å². The highest BCUT2D eigenvalue weighted by Crippen LogP contribution is 2.25. The van der Waals surface area contributed by atoms with Crippen molar-refractivity contribution in [2.24, 2.45) is 0 Å². The molecule has 182 valence electrons. The summed E-state index contributed by atoms with van der Waals surface area (Å²) in [6.45, 7) is 0. The first kappa shape index (κ1) is 8.41. The summed E-state index contributed by atoms with van der Waals surface area (Å²) in [5.41, 5.74) is -5.62. The van der Waals surface area contributed by atoms with Gasteiger partial charge in [0.1, 0.15) is 0 Å². The molecule has 0 aliphatic rings. The molecule has 0 spiro atoms. The molecule has 0 aliphatic heterocycles. The van der Waals surface area contributed by atoms with E-state index in [9.17, 15) is 8.22 Å². The smallest absolute Gasteiger partial charge is 0.149 e. The van der Waals surface area contributed by atoms with Crippen LogP contribution < -0.4 is 15.6 Å². The van der Waals surface area contributed by atoms with Crippen molar-refractivity contribution in [2.75, 3.05) is 0 Å². The maximum absolute atomic E-state index is 9.63. The Bertz CT molecular complexity index is 2730. The van der Waals surface area contributed by atoms with Crippen LogP contribution in [0.3, 0.4) is 0 Å². The summed E-state index contributed by atoms with van der Waals surface area (Å²) >= 11 is 7.79. The Kier molecular flexibility index (Phi) is 2.36. The lowest BCUT2D eigenvalue weighted by atomic mass is 10.1. The number of halogens is 1. The first-order valence-corrected chi connectivity index (χ1v) is 13.7. The molecule has 0 saturated heterocycles. The predicted molar refractivity (Wildman–Crippen MR) is 166 cm³/mol. The molecular weight excluding hydrogens is 496 g/mol. The van der Waals surface area contributed by atoms with Gasteiger partial charge in [-0.3, -0.25) is 0 Å². The molecule has 0 unspecified atom stereocenters. The minimum absolute atomic E-state index is 0.895. The van der Waals surface area contributed by atoms with Gasteiger partial charge < -0.3 is 0 Å². The fourth-order valence-electron chi connectivity index (χ4n) is 3.42. The molecule has 0 bridgehead atoms. The maximum Gasteiger partial charge on any atom is 0.248 e. The van der Waals surface area contributed by atoms with Crippen LogP contribution in [0.15, 0.2) is 163 Å². The largest absolute Gasteiger partial charge is 0.248 e. The van der Waals surface area contributed by atoms with Crippen LogP contribution in [0.1, 0.15) is 37.0 Å². The fourth-order valence-corrected chi connectivity index (χ4v) is 6.62. The predicted octanol–water partition coefficient (Wildman–Crippen LogP) is 7.89. The molecule has 0 N–H and O–H groups in total. The van der Waals surface area contributed by atoms with E-state index in [0.29, 0.717) is 0 Å². The third-order valence-electron chi connectivity index (χ3n) is 5.16. The van der Waals surface area contributed by atoms with Gasteiger partial charge in [0.25, 0.3) is 0 Å². The molecule has 0 aliphatic carbocycles. The molecule has 0 fully saturated rings. The minimum atomic E-state index is -6.04. The van der Waals surface area contributed by atoms with E-state index in [1.54, 1.807) is 0 Å². The molecule has 6 aromatic carbocycles. The molecule has 0 heterocycles. The summed E-state index contributed by atoms with van der Waals surface area (Å²) in [6, 6.07) is -29.2. The molecule has 2 heteroatoms. The zero-order valence-electron chi connectivity index (χ0n) is 45.9. The first-order chi connectivity index (χ1) is 30.0. The van der Waals surface area contributed by atoms with Gasteiger partial charge in [0.2, 0.25) is 7.38 Å². The van der Waals surface area contributed by atoms with Crippen LogP contribution in [0.25, 0.3) is 33.4 Å². The highest BCUT2D eigenvalue weighted by atomic mass is 35.6. The zero-order chi connectivity index (χ0) is 49.3. The fraction of sp³-hybridized carbons (Fsp3) is 0. The highest BCUT2D eigenvalue weighted by molar-refractivity contribution is 7.40. The van der Waals surface area contributed by atoms with E-state index in [0.717, 1.165) is 0 Å². The molecule has 6 aromatic rings. The SMILES string of the molecule is [2H]c1c([2H])c([2H])c(-c2c([2H])c([2H])c([2H])c([Si](Cl)(c3c([2H])c([2H])c([2H])c(-c4c([2H])c([2H])c([2H])c([2H])c4[2H])c3[2H])c3c([2H])c([2H])c([2H])c(-c4c([2H])c([2H])c([2H])c([2H])c4[2H])c3[2H])c2[2H])c([2H])c1[2H]. The Labute approximate surface area is 268 Å². The Morgan fingerprint density at radius 1 is 0.342 bits per heavy atom. The lowest BCUT2D eigenvalue weighted by molar-refractivity contribution is 1.61. The van der Waals surface area contributed by atoms with Gasteiger partial charge in [0.15, 0.2) is 0 Å². The average Bonchev–Trinajstić information content (AvgIpc) is 3.26. The van der Waals surface area contributed by atoms with Gasteiger partial charge in [-0.2, -0.15) is 0 Å². The van der Waals surface area contributed by atoms with Crippen LogP contribution in [-0.2, 0) is 0 Å². The lowest BCUT2D eigenvalue weighted by Crippen LogP contribution is -2.63. The second-order valence-corrected chi connectivity index (χ2v) is 11.9. The van der Waals surface area contributed by atoms with E-state index in [1.807, 2.05) is 0 Å². The van der Waals surface area contributed by atoms with Crippen molar-refractivity contribution >= 4 is 34.0 Å². The quantitative estimate of drug-likeness (QED) is 0.112. The van der Waals surface area contributed by atoms with Gasteiger partial charge in [-0.15, -0.1) is 11.1 Å². The van der Waals surface area contributed by atoms with Crippen molar-refractivity contribution in [3.63, 3.8) is 0 Å². The van der Waals surface area contributed by atoms with Gasteiger partial charge in [-0.1, -0.05) is 163 Å². The Morgan fingerprint density at radius 3 is 0.895 bits per heavy atom. The monoisotopic (exact) mass is 549 g/mol. The van der Waals surface area contributed by atoms with Gasteiger partial charge in [0.05, 0.1) is 37.0 Å². The van der Waals surface area contributed by atoms with Crippen molar-refractivity contribution in [1.29, 1.82) is 0 Å². The number of benzene rings is 6. The van der Waals surface area contributed by atoms with Crippen LogP contribution in [0.5, 0.6) is 0 Å². The number of hydrogen-bond acceptors (Lipinski definition) is 0. The molecule has 6 rings (SSSR count). The standard InChI is InChI=1S/C36H27ClSi/c37-38(34-22-10-19-31(25-34)28-13-4-1-5-14-28,35-23-11-20-32(26-35)29-15-6-2-7-16-29)36-24-12-21-33(27-36)30-17-8-3-9-18-30/h1-27H/i1D,2D,3D,4D,5D,6D,7D,8D,9D,10D,11D,12D,13D,14D,15D,16D,17D,18D,19D,20D,21D,22D,23D,24D,25D,26D,27D. The van der Waals surface area contributed by atoms with Crippen molar-refractivity contribution in [2.45, 2.75) is 0 Å². The van der Waals surface area contributed by atoms with Crippen LogP contribution in [0, 0.1) is 0 Å². The van der Waals surface area contributed by atoms with E-state index in [1.165, 1.54) is 0 Å². The normalized spacial score (nSPS) is 21.2. The molecule has 0 aromatic heterocycles. The van der Waals surface area contributed by atoms with E-state index >= 15 is 0 Å². The maximum atomic E-state index is 9.63. The van der Waals surface area contributed by atoms with Gasteiger partial charge in [-0.25, -0.2) is 0 Å². The summed E-state index contributed by atoms with van der Waals surface area (Å²) in [6.07, 6.45) is 0. The molecule has 0 atom stereocenters. The molecule has 0 amide bonds. The van der Waals surface area contributed by atoms with E-state index < -0.39 is 219 Å². The zero-order valence-corrected chi connectivity index (χ0v) is 20.6. The van der Waals surface area contributed by atoms with E-state index in [2.05, 4.69) is 0 Å². The summed E-state index contributed by atoms with van der Waals surface area (Å²) in [4.78, 5) is 0. The van der Waals surface area contributed by atoms with Crippen molar-refractivity contribution in [1.82, 2.24) is 0 Å². The Balaban J connectivity index is 2.01. The highest BCUT2D eigenvalue weighted by Gasteiger charge is 2.38. The summed E-state index contributed by atoms with van der Waals surface area (Å²) in [5, 5.41) is -3.34. The summed E-state index contributed by atoms with van der Waals surface area (Å²) in [7, 11) is -6.04. The molecule has 0 saturated carbocycles. The molecule has 38 heavy (non-hydrogen) atoms. The molecule has 0 radical (unpaired) electrons. The Morgan fingerprint density at radius 2 is 0.605 bits per heavy atom. The second-order valence-electron chi connectivity index (χ2n) is 7.41. The van der Waals surface area contributed by atoms with Crippen LogP contribution in [-0.4, -0.2) is 7.38 Å². The molecular formula is C36H27ClSi. The average molecular weight is 550 g/mol. The second kappa shape index (κ2) is 10.7. The molecule has 0 nitrogen and oxygen atoms in total. The number of rotatable bonds is 6. The first-order valence-electron chi connectivity index (χ1n) is 24.2. The Hall–Kier alpha value is -4.17. The summed E-state index contributed by atoms with van der Waals surface area (Å²) < 4.78 is 236. The van der Waals surface area contributed by atoms with Crippen LogP contribution in [0.2, 0.25) is 0 Å².